The van der Waals surface area contributed by atoms with Crippen LogP contribution in [-0.2, 0) is 0 Å². The summed E-state index contributed by atoms with van der Waals surface area (Å²) < 4.78 is 5.04. The van der Waals surface area contributed by atoms with Crippen LogP contribution in [0.15, 0.2) is 6.07 Å². The van der Waals surface area contributed by atoms with Gasteiger partial charge in [0.1, 0.15) is 0 Å². The Morgan fingerprint density at radius 1 is 1.47 bits per heavy atom. The van der Waals surface area contributed by atoms with Crippen molar-refractivity contribution in [2.75, 3.05) is 19.0 Å². The minimum absolute atomic E-state index is 0.576. The van der Waals surface area contributed by atoms with Crippen LogP contribution in [-0.4, -0.2) is 23.6 Å². The van der Waals surface area contributed by atoms with Gasteiger partial charge in [-0.2, -0.15) is 4.98 Å². The number of methoxy groups -OCH3 is 1. The zero-order valence-electron chi connectivity index (χ0n) is 9.29. The lowest BCUT2D eigenvalue weighted by atomic mass is 10.4. The van der Waals surface area contributed by atoms with E-state index in [9.17, 15) is 0 Å². The molecule has 0 saturated carbocycles. The van der Waals surface area contributed by atoms with E-state index in [1.165, 1.54) is 0 Å². The molecular formula is C11H15N3O. The quantitative estimate of drug-likeness (QED) is 0.599. The van der Waals surface area contributed by atoms with Crippen LogP contribution in [0.25, 0.3) is 0 Å². The third kappa shape index (κ3) is 3.86. The number of hydrogen-bond acceptors (Lipinski definition) is 4. The molecule has 0 saturated heterocycles. The number of aryl methyl sites for hydroxylation is 1. The summed E-state index contributed by atoms with van der Waals surface area (Å²) in [5.74, 6) is 6.96. The second-order valence-corrected chi connectivity index (χ2v) is 2.98. The van der Waals surface area contributed by atoms with Gasteiger partial charge in [0.15, 0.2) is 0 Å². The van der Waals surface area contributed by atoms with E-state index in [1.54, 1.807) is 13.2 Å². The Balaban J connectivity index is 2.59. The molecule has 0 atom stereocenters. The summed E-state index contributed by atoms with van der Waals surface area (Å²) >= 11 is 0. The minimum Gasteiger partial charge on any atom is -0.481 e. The standard InChI is InChI=1S/C11H15N3O/c1-4-5-6-7-12-11-13-9(2)8-10(14-11)15-3/h8H,6-7H2,1-3H3,(H,12,13,14). The highest BCUT2D eigenvalue weighted by Crippen LogP contribution is 2.10. The predicted molar refractivity (Wildman–Crippen MR) is 59.9 cm³/mol. The van der Waals surface area contributed by atoms with Gasteiger partial charge in [0, 0.05) is 24.7 Å². The molecule has 1 N–H and O–H groups in total. The first-order valence-corrected chi connectivity index (χ1v) is 4.79. The average molecular weight is 205 g/mol. The summed E-state index contributed by atoms with van der Waals surface area (Å²) in [4.78, 5) is 8.39. The van der Waals surface area contributed by atoms with E-state index in [2.05, 4.69) is 27.1 Å². The maximum Gasteiger partial charge on any atom is 0.226 e. The Kier molecular flexibility index (Phi) is 4.42. The molecular weight excluding hydrogens is 190 g/mol. The maximum atomic E-state index is 5.04. The Hall–Kier alpha value is -1.76. The SMILES string of the molecule is CC#CCCNc1nc(C)cc(OC)n1. The molecule has 0 amide bonds. The van der Waals surface area contributed by atoms with E-state index < -0.39 is 0 Å². The van der Waals surface area contributed by atoms with E-state index in [1.807, 2.05) is 13.8 Å². The third-order valence-corrected chi connectivity index (χ3v) is 1.75. The summed E-state index contributed by atoms with van der Waals surface area (Å²) in [5.41, 5.74) is 0.880. The molecule has 4 heteroatoms. The van der Waals surface area contributed by atoms with E-state index in [0.717, 1.165) is 18.7 Å². The predicted octanol–water partition coefficient (Wildman–Crippen LogP) is 1.62. The summed E-state index contributed by atoms with van der Waals surface area (Å²) in [6.07, 6.45) is 0.788. The first-order chi connectivity index (χ1) is 7.26. The highest BCUT2D eigenvalue weighted by atomic mass is 16.5. The van der Waals surface area contributed by atoms with Crippen molar-refractivity contribution in [2.45, 2.75) is 20.3 Å². The molecule has 4 nitrogen and oxygen atoms in total. The average Bonchev–Trinajstić information content (AvgIpc) is 2.23. The maximum absolute atomic E-state index is 5.04. The zero-order valence-corrected chi connectivity index (χ0v) is 9.29. The third-order valence-electron chi connectivity index (χ3n) is 1.75. The molecule has 0 aromatic carbocycles. The Morgan fingerprint density at radius 2 is 2.27 bits per heavy atom. The first-order valence-electron chi connectivity index (χ1n) is 4.79. The number of nitrogens with one attached hydrogen (secondary N) is 1. The smallest absolute Gasteiger partial charge is 0.226 e. The van der Waals surface area contributed by atoms with Crippen molar-refractivity contribution < 1.29 is 4.74 Å². The molecule has 15 heavy (non-hydrogen) atoms. The highest BCUT2D eigenvalue weighted by molar-refractivity contribution is 5.30. The van der Waals surface area contributed by atoms with Crippen molar-refractivity contribution in [3.8, 4) is 17.7 Å². The molecule has 0 radical (unpaired) electrons. The summed E-state index contributed by atoms with van der Waals surface area (Å²) in [6, 6.07) is 1.79. The lowest BCUT2D eigenvalue weighted by molar-refractivity contribution is 0.397. The van der Waals surface area contributed by atoms with E-state index in [0.29, 0.717) is 11.8 Å². The second kappa shape index (κ2) is 5.86. The fourth-order valence-corrected chi connectivity index (χ4v) is 1.09. The van der Waals surface area contributed by atoms with Crippen LogP contribution in [0.2, 0.25) is 0 Å². The van der Waals surface area contributed by atoms with E-state index in [4.69, 9.17) is 4.74 Å². The molecule has 0 unspecified atom stereocenters. The van der Waals surface area contributed by atoms with Gasteiger partial charge in [-0.15, -0.1) is 11.8 Å². The molecule has 0 fully saturated rings. The van der Waals surface area contributed by atoms with Crippen LogP contribution in [0, 0.1) is 18.8 Å². The molecule has 0 aliphatic rings. The van der Waals surface area contributed by atoms with Gasteiger partial charge in [0.05, 0.1) is 7.11 Å². The van der Waals surface area contributed by atoms with Crippen molar-refractivity contribution in [1.29, 1.82) is 0 Å². The number of ether oxygens (including phenoxy) is 1. The molecule has 1 aromatic rings. The normalized spacial score (nSPS) is 9.00. The Bertz CT molecular complexity index is 379. The molecule has 1 aromatic heterocycles. The van der Waals surface area contributed by atoms with Gasteiger partial charge in [0.2, 0.25) is 11.8 Å². The van der Waals surface area contributed by atoms with Crippen LogP contribution in [0.5, 0.6) is 5.88 Å². The summed E-state index contributed by atoms with van der Waals surface area (Å²) in [5, 5.41) is 3.09. The fraction of sp³-hybridized carbons (Fsp3) is 0.455. The summed E-state index contributed by atoms with van der Waals surface area (Å²) in [7, 11) is 1.59. The number of rotatable bonds is 4. The molecule has 0 aliphatic heterocycles. The number of nitrogens with zero attached hydrogens (tertiary/aromatic N) is 2. The molecule has 0 aliphatic carbocycles. The van der Waals surface area contributed by atoms with Gasteiger partial charge in [0.25, 0.3) is 0 Å². The largest absolute Gasteiger partial charge is 0.481 e. The van der Waals surface area contributed by atoms with Crippen molar-refractivity contribution in [3.63, 3.8) is 0 Å². The van der Waals surface area contributed by atoms with Crippen LogP contribution in [0.1, 0.15) is 19.0 Å². The zero-order chi connectivity index (χ0) is 11.1. The highest BCUT2D eigenvalue weighted by Gasteiger charge is 2.00. The van der Waals surface area contributed by atoms with Crippen molar-refractivity contribution in [1.82, 2.24) is 9.97 Å². The van der Waals surface area contributed by atoms with Crippen molar-refractivity contribution in [3.05, 3.63) is 11.8 Å². The van der Waals surface area contributed by atoms with Crippen molar-refractivity contribution in [2.24, 2.45) is 0 Å². The van der Waals surface area contributed by atoms with E-state index in [-0.39, 0.29) is 0 Å². The lowest BCUT2D eigenvalue weighted by Gasteiger charge is -2.05. The van der Waals surface area contributed by atoms with Crippen LogP contribution < -0.4 is 10.1 Å². The summed E-state index contributed by atoms with van der Waals surface area (Å²) in [6.45, 7) is 4.47. The Labute approximate surface area is 90.1 Å². The van der Waals surface area contributed by atoms with Crippen molar-refractivity contribution >= 4 is 5.95 Å². The fourth-order valence-electron chi connectivity index (χ4n) is 1.09. The van der Waals surface area contributed by atoms with Gasteiger partial charge in [-0.25, -0.2) is 4.98 Å². The Morgan fingerprint density at radius 3 is 2.93 bits per heavy atom. The first kappa shape index (κ1) is 11.3. The van der Waals surface area contributed by atoms with Crippen LogP contribution >= 0.6 is 0 Å². The second-order valence-electron chi connectivity index (χ2n) is 2.98. The van der Waals surface area contributed by atoms with Gasteiger partial charge in [-0.3, -0.25) is 0 Å². The molecule has 0 spiro atoms. The van der Waals surface area contributed by atoms with Gasteiger partial charge in [-0.05, 0) is 13.8 Å². The van der Waals surface area contributed by atoms with Crippen LogP contribution in [0.3, 0.4) is 0 Å². The number of aromatic nitrogens is 2. The number of hydrogen-bond donors (Lipinski definition) is 1. The molecule has 80 valence electrons. The van der Waals surface area contributed by atoms with E-state index >= 15 is 0 Å². The van der Waals surface area contributed by atoms with Gasteiger partial charge >= 0.3 is 0 Å². The minimum atomic E-state index is 0.576. The monoisotopic (exact) mass is 205 g/mol. The molecule has 0 bridgehead atoms. The molecule has 1 heterocycles. The van der Waals surface area contributed by atoms with Gasteiger partial charge in [-0.1, -0.05) is 0 Å². The topological polar surface area (TPSA) is 47.0 Å². The number of anilines is 1. The lowest BCUT2D eigenvalue weighted by Crippen LogP contribution is -2.06. The molecule has 1 rings (SSSR count). The van der Waals surface area contributed by atoms with Crippen LogP contribution in [0.4, 0.5) is 5.95 Å². The van der Waals surface area contributed by atoms with Gasteiger partial charge < -0.3 is 10.1 Å².